The second-order valence-electron chi connectivity index (χ2n) is 10.8. The van der Waals surface area contributed by atoms with Gasteiger partial charge in [-0.05, 0) is 55.3 Å². The number of nitriles is 3. The third kappa shape index (κ3) is 8.25. The van der Waals surface area contributed by atoms with Gasteiger partial charge in [-0.25, -0.2) is 0 Å². The first-order chi connectivity index (χ1) is 24.2. The van der Waals surface area contributed by atoms with Gasteiger partial charge in [0.2, 0.25) is 0 Å². The second-order valence-corrected chi connectivity index (χ2v) is 12.0. The van der Waals surface area contributed by atoms with Crippen LogP contribution in [0.25, 0.3) is 18.2 Å². The van der Waals surface area contributed by atoms with Crippen molar-refractivity contribution in [1.29, 1.82) is 15.8 Å². The summed E-state index contributed by atoms with van der Waals surface area (Å²) in [5.41, 5.74) is -3.87. The second kappa shape index (κ2) is 17.3. The zero-order valence-electron chi connectivity index (χ0n) is 26.7. The third-order valence-electron chi connectivity index (χ3n) is 7.67. The van der Waals surface area contributed by atoms with Gasteiger partial charge in [-0.1, -0.05) is 36.4 Å². The summed E-state index contributed by atoms with van der Waals surface area (Å²) in [7, 11) is 0. The van der Waals surface area contributed by atoms with Crippen LogP contribution in [-0.4, -0.2) is 61.0 Å². The summed E-state index contributed by atoms with van der Waals surface area (Å²) in [5.74, 6) is -0.182. The van der Waals surface area contributed by atoms with Crippen molar-refractivity contribution in [2.24, 2.45) is 0 Å². The number of aliphatic hydroxyl groups is 3. The lowest BCUT2D eigenvalue weighted by atomic mass is 9.84. The summed E-state index contributed by atoms with van der Waals surface area (Å²) in [6.07, 6.45) is 2.30. The molecule has 3 aromatic rings. The minimum absolute atomic E-state index is 0.0380. The summed E-state index contributed by atoms with van der Waals surface area (Å²) in [6, 6.07) is 20.5. The largest absolute Gasteiger partial charge is 0.493 e. The molecule has 50 heavy (non-hydrogen) atoms. The van der Waals surface area contributed by atoms with Gasteiger partial charge >= 0.3 is 6.18 Å². The van der Waals surface area contributed by atoms with Crippen LogP contribution < -0.4 is 9.64 Å². The van der Waals surface area contributed by atoms with Crippen LogP contribution >= 0.6 is 11.3 Å². The molecule has 2 aromatic carbocycles. The molecule has 0 amide bonds. The van der Waals surface area contributed by atoms with E-state index in [2.05, 4.69) is 0 Å². The zero-order valence-corrected chi connectivity index (χ0v) is 27.5. The fourth-order valence-electron chi connectivity index (χ4n) is 5.31. The molecule has 9 nitrogen and oxygen atoms in total. The quantitative estimate of drug-likeness (QED) is 0.119. The maximum Gasteiger partial charge on any atom is 0.437 e. The van der Waals surface area contributed by atoms with Crippen LogP contribution in [-0.2, 0) is 10.3 Å². The Morgan fingerprint density at radius 2 is 1.52 bits per heavy atom. The molecule has 0 radical (unpaired) electrons. The number of hydrogen-bond donors (Lipinski definition) is 3. The number of allylic oxidation sites excluding steroid dienone is 2. The highest BCUT2D eigenvalue weighted by Gasteiger charge is 2.65. The Morgan fingerprint density at radius 1 is 0.860 bits per heavy atom. The summed E-state index contributed by atoms with van der Waals surface area (Å²) >= 11 is 1.27. The van der Waals surface area contributed by atoms with Crippen molar-refractivity contribution in [2.75, 3.05) is 44.4 Å². The maximum absolute atomic E-state index is 15.0. The molecule has 1 aromatic heterocycles. The van der Waals surface area contributed by atoms with Crippen molar-refractivity contribution in [3.05, 3.63) is 110 Å². The normalized spacial score (nSPS) is 15.9. The van der Waals surface area contributed by atoms with Gasteiger partial charge < -0.3 is 29.7 Å². The van der Waals surface area contributed by atoms with Gasteiger partial charge in [0.15, 0.2) is 11.3 Å². The monoisotopic (exact) mass is 702 g/mol. The molecule has 4 rings (SSSR count). The number of aliphatic hydroxyl groups excluding tert-OH is 3. The van der Waals surface area contributed by atoms with E-state index in [1.54, 1.807) is 18.2 Å². The van der Waals surface area contributed by atoms with Gasteiger partial charge in [-0.3, -0.25) is 0 Å². The van der Waals surface area contributed by atoms with Gasteiger partial charge in [0.1, 0.15) is 29.5 Å². The lowest BCUT2D eigenvalue weighted by Crippen LogP contribution is -2.43. The van der Waals surface area contributed by atoms with E-state index >= 15 is 13.2 Å². The molecule has 1 atom stereocenters. The van der Waals surface area contributed by atoms with E-state index in [4.69, 9.17) is 14.6 Å². The standard InChI is InChI=1S/C37H33F3N4O5S/c38-37(39,40)36(28-6-2-1-3-7-28)33(32(25-43)35(49-36)27(23-41)24-42)15-14-31-13-12-30(50-31)11-9-26-8-10-29(44(16-19-46)17-20-47)22-34(26)48-21-5-4-18-45/h1-3,6-15,22,45-47H,4-5,16-21H2/b11-9+,15-14+. The Balaban J connectivity index is 1.71. The van der Waals surface area contributed by atoms with E-state index < -0.39 is 34.3 Å². The predicted molar refractivity (Wildman–Crippen MR) is 183 cm³/mol. The molecule has 258 valence electrons. The Morgan fingerprint density at radius 3 is 2.10 bits per heavy atom. The van der Waals surface area contributed by atoms with E-state index in [1.807, 2.05) is 35.3 Å². The van der Waals surface area contributed by atoms with Crippen molar-refractivity contribution in [3.63, 3.8) is 0 Å². The van der Waals surface area contributed by atoms with Crippen molar-refractivity contribution >= 4 is 35.3 Å². The molecule has 1 aliphatic rings. The SMILES string of the molecule is N#CC(C#N)=C1OC(c2ccccc2)(C(F)(F)F)C(/C=C/c2ccc(/C=C/c3ccc(N(CCO)CCO)cc3OCCCCO)s2)=C1C#N. The number of anilines is 1. The highest BCUT2D eigenvalue weighted by molar-refractivity contribution is 7.13. The van der Waals surface area contributed by atoms with Crippen LogP contribution in [0.4, 0.5) is 18.9 Å². The Hall–Kier alpha value is -5.36. The number of unbranched alkanes of at least 4 members (excludes halogenated alkanes) is 1. The van der Waals surface area contributed by atoms with Crippen molar-refractivity contribution in [1.82, 2.24) is 0 Å². The van der Waals surface area contributed by atoms with Gasteiger partial charge in [0, 0.05) is 57.9 Å². The Labute approximate surface area is 291 Å². The molecule has 0 saturated carbocycles. The molecular weight excluding hydrogens is 669 g/mol. The van der Waals surface area contributed by atoms with E-state index in [9.17, 15) is 26.0 Å². The van der Waals surface area contributed by atoms with Gasteiger partial charge in [-0.2, -0.15) is 29.0 Å². The summed E-state index contributed by atoms with van der Waals surface area (Å²) in [5, 5.41) is 56.9. The summed E-state index contributed by atoms with van der Waals surface area (Å²) in [4.78, 5) is 3.12. The Kier molecular flexibility index (Phi) is 13.0. The lowest BCUT2D eigenvalue weighted by Gasteiger charge is -2.33. The van der Waals surface area contributed by atoms with Crippen LogP contribution in [0, 0.1) is 34.0 Å². The number of hydrogen-bond acceptors (Lipinski definition) is 10. The van der Waals surface area contributed by atoms with Gasteiger partial charge in [0.05, 0.1) is 19.8 Å². The van der Waals surface area contributed by atoms with Crippen molar-refractivity contribution in [3.8, 4) is 24.0 Å². The average molecular weight is 703 g/mol. The molecular formula is C37H33F3N4O5S. The predicted octanol–water partition coefficient (Wildman–Crippen LogP) is 6.48. The molecule has 2 heterocycles. The molecule has 1 unspecified atom stereocenters. The molecule has 0 bridgehead atoms. The minimum atomic E-state index is -5.09. The lowest BCUT2D eigenvalue weighted by molar-refractivity contribution is -0.249. The smallest absolute Gasteiger partial charge is 0.437 e. The van der Waals surface area contributed by atoms with E-state index in [0.29, 0.717) is 43.2 Å². The average Bonchev–Trinajstić information content (AvgIpc) is 3.72. The number of thiophene rings is 1. The molecule has 13 heteroatoms. The van der Waals surface area contributed by atoms with Crippen molar-refractivity contribution in [2.45, 2.75) is 24.6 Å². The topological polar surface area (TPSA) is 154 Å². The summed E-state index contributed by atoms with van der Waals surface area (Å²) < 4.78 is 56.6. The number of nitrogens with zero attached hydrogens (tertiary/aromatic N) is 4. The van der Waals surface area contributed by atoms with Crippen LogP contribution in [0.3, 0.4) is 0 Å². The highest BCUT2D eigenvalue weighted by atomic mass is 32.1. The molecule has 0 fully saturated rings. The number of alkyl halides is 3. The maximum atomic E-state index is 15.0. The van der Waals surface area contributed by atoms with E-state index in [0.717, 1.165) is 22.2 Å². The fourth-order valence-corrected chi connectivity index (χ4v) is 6.12. The van der Waals surface area contributed by atoms with E-state index in [1.165, 1.54) is 59.9 Å². The molecule has 3 N–H and O–H groups in total. The fraction of sp³-hybridized carbons (Fsp3) is 0.270. The highest BCUT2D eigenvalue weighted by Crippen LogP contribution is 2.56. The number of ether oxygens (including phenoxy) is 2. The van der Waals surface area contributed by atoms with Crippen LogP contribution in [0.1, 0.15) is 33.7 Å². The molecule has 1 aliphatic heterocycles. The van der Waals surface area contributed by atoms with Gasteiger partial charge in [-0.15, -0.1) is 11.3 Å². The number of halogens is 3. The first-order valence-electron chi connectivity index (χ1n) is 15.5. The first kappa shape index (κ1) is 37.5. The van der Waals surface area contributed by atoms with Crippen LogP contribution in [0.5, 0.6) is 5.75 Å². The van der Waals surface area contributed by atoms with E-state index in [-0.39, 0.29) is 25.4 Å². The number of benzene rings is 2. The molecule has 0 aliphatic carbocycles. The van der Waals surface area contributed by atoms with Crippen LogP contribution in [0.15, 0.2) is 89.2 Å². The number of rotatable bonds is 15. The minimum Gasteiger partial charge on any atom is -0.493 e. The summed E-state index contributed by atoms with van der Waals surface area (Å²) in [6.45, 7) is 0.814. The molecule has 0 saturated heterocycles. The first-order valence-corrected chi connectivity index (χ1v) is 16.3. The zero-order chi connectivity index (χ0) is 36.1. The Bertz CT molecular complexity index is 1880. The molecule has 0 spiro atoms. The van der Waals surface area contributed by atoms with Crippen molar-refractivity contribution < 1.29 is 38.0 Å². The van der Waals surface area contributed by atoms with Gasteiger partial charge in [0.25, 0.3) is 5.60 Å². The van der Waals surface area contributed by atoms with Crippen LogP contribution in [0.2, 0.25) is 0 Å². The third-order valence-corrected chi connectivity index (χ3v) is 8.69.